The van der Waals surface area contributed by atoms with Gasteiger partial charge in [0.05, 0.1) is 0 Å². The number of methoxy groups -OCH3 is 1. The summed E-state index contributed by atoms with van der Waals surface area (Å²) >= 11 is 1.64. The first-order valence-corrected chi connectivity index (χ1v) is 9.89. The van der Waals surface area contributed by atoms with Crippen LogP contribution in [0.1, 0.15) is 18.5 Å². The van der Waals surface area contributed by atoms with E-state index < -0.39 is 6.10 Å². The highest BCUT2D eigenvalue weighted by molar-refractivity contribution is 7.97. The van der Waals surface area contributed by atoms with E-state index in [1.807, 2.05) is 6.20 Å². The summed E-state index contributed by atoms with van der Waals surface area (Å²) in [6, 6.07) is 11.3. The van der Waals surface area contributed by atoms with Gasteiger partial charge >= 0.3 is 0 Å². The monoisotopic (exact) mass is 399 g/mol. The quantitative estimate of drug-likeness (QED) is 0.634. The first-order chi connectivity index (χ1) is 13.5. The number of carbonyl (C=O) groups excluding carboxylic acids is 1. The van der Waals surface area contributed by atoms with Crippen LogP contribution in [0.25, 0.3) is 22.0 Å². The van der Waals surface area contributed by atoms with E-state index in [2.05, 4.69) is 39.7 Å². The number of H-pyrrole nitrogens is 1. The van der Waals surface area contributed by atoms with Crippen LogP contribution in [0.3, 0.4) is 0 Å². The average Bonchev–Trinajstić information content (AvgIpc) is 3.26. The SMILES string of the molecule is CNC(=O)C(CN1Sc2ccc(-c3c[nH]c4cc(F)ccc34)cc2C1C)OC. The van der Waals surface area contributed by atoms with Crippen LogP contribution in [0, 0.1) is 5.82 Å². The van der Waals surface area contributed by atoms with Gasteiger partial charge in [0.25, 0.3) is 0 Å². The smallest absolute Gasteiger partial charge is 0.250 e. The number of aromatic amines is 1. The second kappa shape index (κ2) is 7.58. The molecule has 0 saturated heterocycles. The number of halogens is 1. The molecular formula is C21H22FN3O2S. The number of aromatic nitrogens is 1. The molecule has 0 saturated carbocycles. The molecule has 0 radical (unpaired) electrons. The molecule has 1 aromatic heterocycles. The summed E-state index contributed by atoms with van der Waals surface area (Å²) in [5.74, 6) is -0.377. The molecule has 0 spiro atoms. The lowest BCUT2D eigenvalue weighted by Crippen LogP contribution is -2.40. The van der Waals surface area contributed by atoms with Gasteiger partial charge in [0.1, 0.15) is 11.9 Å². The molecule has 1 aliphatic rings. The molecule has 1 amide bonds. The fraction of sp³-hybridized carbons (Fsp3) is 0.286. The standard InChI is InChI=1S/C21H22FN3O2S/c1-12-16-8-13(17-10-24-18-9-14(22)5-6-15(17)18)4-7-20(16)28-25(12)11-19(27-3)21(26)23-2/h4-10,12,19,24H,11H2,1-3H3,(H,23,26). The van der Waals surface area contributed by atoms with E-state index in [9.17, 15) is 9.18 Å². The fourth-order valence-corrected chi connectivity index (χ4v) is 4.81. The van der Waals surface area contributed by atoms with Crippen molar-refractivity contribution < 1.29 is 13.9 Å². The second-order valence-electron chi connectivity index (χ2n) is 6.85. The minimum absolute atomic E-state index is 0.127. The average molecular weight is 399 g/mol. The minimum atomic E-state index is -0.516. The summed E-state index contributed by atoms with van der Waals surface area (Å²) in [5, 5.41) is 3.64. The maximum atomic E-state index is 13.5. The Balaban J connectivity index is 1.62. The molecule has 5 nitrogen and oxygen atoms in total. The number of hydrogen-bond acceptors (Lipinski definition) is 4. The zero-order valence-electron chi connectivity index (χ0n) is 16.0. The number of likely N-dealkylation sites (N-methyl/N-ethyl adjacent to an activating group) is 1. The molecule has 0 bridgehead atoms. The van der Waals surface area contributed by atoms with E-state index in [1.54, 1.807) is 32.2 Å². The maximum Gasteiger partial charge on any atom is 0.250 e. The molecule has 1 aliphatic heterocycles. The molecule has 3 aromatic rings. The van der Waals surface area contributed by atoms with E-state index in [0.29, 0.717) is 6.54 Å². The Kier molecular flexibility index (Phi) is 5.14. The molecule has 2 unspecified atom stereocenters. The molecule has 0 fully saturated rings. The van der Waals surface area contributed by atoms with Gasteiger partial charge in [-0.1, -0.05) is 6.07 Å². The van der Waals surface area contributed by atoms with Crippen molar-refractivity contribution in [3.8, 4) is 11.1 Å². The zero-order valence-corrected chi connectivity index (χ0v) is 16.8. The summed E-state index contributed by atoms with van der Waals surface area (Å²) < 4.78 is 21.0. The third-order valence-corrected chi connectivity index (χ3v) is 6.50. The van der Waals surface area contributed by atoms with E-state index in [0.717, 1.165) is 22.0 Å². The molecule has 146 valence electrons. The summed E-state index contributed by atoms with van der Waals surface area (Å²) in [4.78, 5) is 16.3. The number of hydrogen-bond donors (Lipinski definition) is 2. The van der Waals surface area contributed by atoms with Gasteiger partial charge in [-0.05, 0) is 60.3 Å². The van der Waals surface area contributed by atoms with Crippen LogP contribution in [-0.4, -0.2) is 42.0 Å². The number of nitrogens with one attached hydrogen (secondary N) is 2. The van der Waals surface area contributed by atoms with Crippen LogP contribution in [0.15, 0.2) is 47.5 Å². The molecule has 0 aliphatic carbocycles. The number of rotatable bonds is 5. The first-order valence-electron chi connectivity index (χ1n) is 9.11. The Morgan fingerprint density at radius 2 is 2.18 bits per heavy atom. The molecule has 2 N–H and O–H groups in total. The molecular weight excluding hydrogens is 377 g/mol. The van der Waals surface area contributed by atoms with Crippen molar-refractivity contribution in [1.29, 1.82) is 0 Å². The number of fused-ring (bicyclic) bond motifs is 2. The number of amides is 1. The topological polar surface area (TPSA) is 57.4 Å². The summed E-state index contributed by atoms with van der Waals surface area (Å²) in [5.41, 5.74) is 4.13. The van der Waals surface area contributed by atoms with Crippen molar-refractivity contribution >= 4 is 28.8 Å². The number of nitrogens with zero attached hydrogens (tertiary/aromatic N) is 1. The minimum Gasteiger partial charge on any atom is -0.370 e. The van der Waals surface area contributed by atoms with Crippen LogP contribution in [0.4, 0.5) is 4.39 Å². The van der Waals surface area contributed by atoms with Gasteiger partial charge in [0.15, 0.2) is 0 Å². The van der Waals surface area contributed by atoms with Crippen LogP contribution >= 0.6 is 11.9 Å². The van der Waals surface area contributed by atoms with E-state index >= 15 is 0 Å². The van der Waals surface area contributed by atoms with Crippen molar-refractivity contribution in [1.82, 2.24) is 14.6 Å². The highest BCUT2D eigenvalue weighted by Gasteiger charge is 2.32. The Hall–Kier alpha value is -2.35. The van der Waals surface area contributed by atoms with Gasteiger partial charge in [0, 0.05) is 54.3 Å². The van der Waals surface area contributed by atoms with E-state index in [-0.39, 0.29) is 17.8 Å². The van der Waals surface area contributed by atoms with Crippen molar-refractivity contribution in [2.45, 2.75) is 24.0 Å². The molecule has 2 aromatic carbocycles. The zero-order chi connectivity index (χ0) is 19.8. The molecule has 28 heavy (non-hydrogen) atoms. The molecule has 2 heterocycles. The van der Waals surface area contributed by atoms with Crippen molar-refractivity contribution in [2.75, 3.05) is 20.7 Å². The maximum absolute atomic E-state index is 13.5. The van der Waals surface area contributed by atoms with Gasteiger partial charge in [-0.2, -0.15) is 0 Å². The molecule has 7 heteroatoms. The van der Waals surface area contributed by atoms with Crippen LogP contribution in [0.2, 0.25) is 0 Å². The number of ether oxygens (including phenoxy) is 1. The van der Waals surface area contributed by atoms with Gasteiger partial charge in [-0.25, -0.2) is 8.70 Å². The Labute approximate surface area is 167 Å². The van der Waals surface area contributed by atoms with Crippen molar-refractivity contribution in [2.24, 2.45) is 0 Å². The normalized spacial score (nSPS) is 17.6. The van der Waals surface area contributed by atoms with Gasteiger partial charge in [-0.3, -0.25) is 4.79 Å². The summed E-state index contributed by atoms with van der Waals surface area (Å²) in [6.45, 7) is 2.63. The first kappa shape index (κ1) is 19.0. The Morgan fingerprint density at radius 3 is 2.93 bits per heavy atom. The number of carbonyl (C=O) groups is 1. The third-order valence-electron chi connectivity index (χ3n) is 5.23. The fourth-order valence-electron chi connectivity index (χ4n) is 3.61. The summed E-state index contributed by atoms with van der Waals surface area (Å²) in [7, 11) is 3.17. The summed E-state index contributed by atoms with van der Waals surface area (Å²) in [6.07, 6.45) is 1.40. The van der Waals surface area contributed by atoms with Crippen molar-refractivity contribution in [3.05, 3.63) is 54.0 Å². The van der Waals surface area contributed by atoms with E-state index in [1.165, 1.54) is 22.6 Å². The lowest BCUT2D eigenvalue weighted by molar-refractivity contribution is -0.131. The van der Waals surface area contributed by atoms with E-state index in [4.69, 9.17) is 4.74 Å². The molecule has 4 rings (SSSR count). The van der Waals surface area contributed by atoms with Crippen molar-refractivity contribution in [3.63, 3.8) is 0 Å². The largest absolute Gasteiger partial charge is 0.370 e. The predicted molar refractivity (Wildman–Crippen MR) is 110 cm³/mol. The van der Waals surface area contributed by atoms with Crippen LogP contribution < -0.4 is 5.32 Å². The lowest BCUT2D eigenvalue weighted by Gasteiger charge is -2.24. The van der Waals surface area contributed by atoms with Crippen LogP contribution in [0.5, 0.6) is 0 Å². The highest BCUT2D eigenvalue weighted by Crippen LogP contribution is 2.45. The van der Waals surface area contributed by atoms with Crippen LogP contribution in [-0.2, 0) is 9.53 Å². The Bertz CT molecular complexity index is 1040. The second-order valence-corrected chi connectivity index (χ2v) is 7.94. The lowest BCUT2D eigenvalue weighted by atomic mass is 9.99. The highest BCUT2D eigenvalue weighted by atomic mass is 32.2. The van der Waals surface area contributed by atoms with Gasteiger partial charge in [0.2, 0.25) is 5.91 Å². The molecule has 2 atom stereocenters. The third kappa shape index (κ3) is 3.30. The van der Waals surface area contributed by atoms with Gasteiger partial charge < -0.3 is 15.0 Å². The van der Waals surface area contributed by atoms with Gasteiger partial charge in [-0.15, -0.1) is 0 Å². The predicted octanol–water partition coefficient (Wildman–Crippen LogP) is 4.12. The Morgan fingerprint density at radius 1 is 1.36 bits per heavy atom. The number of benzene rings is 2.